The van der Waals surface area contributed by atoms with Crippen LogP contribution in [0.1, 0.15) is 34.8 Å². The van der Waals surface area contributed by atoms with Gasteiger partial charge in [-0.3, -0.25) is 4.79 Å². The third-order valence-corrected chi connectivity index (χ3v) is 4.16. The SMILES string of the molecule is CCOc1ccc2ncn(C)c2c1CNC(=O)c1ccc(C(F)F)c(F)c1. The van der Waals surface area contributed by atoms with Gasteiger partial charge in [0, 0.05) is 24.7 Å². The van der Waals surface area contributed by atoms with E-state index in [2.05, 4.69) is 10.3 Å². The molecular weight excluding hydrogens is 359 g/mol. The molecule has 0 bridgehead atoms. The van der Waals surface area contributed by atoms with E-state index in [4.69, 9.17) is 4.74 Å². The Hall–Kier alpha value is -3.03. The highest BCUT2D eigenvalue weighted by molar-refractivity contribution is 5.94. The van der Waals surface area contributed by atoms with E-state index in [0.717, 1.165) is 28.7 Å². The molecule has 8 heteroatoms. The predicted molar refractivity (Wildman–Crippen MR) is 94.4 cm³/mol. The van der Waals surface area contributed by atoms with E-state index in [1.807, 2.05) is 24.6 Å². The summed E-state index contributed by atoms with van der Waals surface area (Å²) in [6, 6.07) is 6.50. The van der Waals surface area contributed by atoms with Gasteiger partial charge in [-0.1, -0.05) is 0 Å². The summed E-state index contributed by atoms with van der Waals surface area (Å²) >= 11 is 0. The number of alkyl halides is 2. The van der Waals surface area contributed by atoms with E-state index in [0.29, 0.717) is 12.4 Å². The van der Waals surface area contributed by atoms with E-state index in [1.54, 1.807) is 12.4 Å². The van der Waals surface area contributed by atoms with E-state index in [-0.39, 0.29) is 12.1 Å². The van der Waals surface area contributed by atoms with Gasteiger partial charge in [0.25, 0.3) is 12.3 Å². The minimum absolute atomic E-state index is 0.0351. The summed E-state index contributed by atoms with van der Waals surface area (Å²) in [6.07, 6.45) is -1.28. The average molecular weight is 377 g/mol. The van der Waals surface area contributed by atoms with Gasteiger partial charge in [0.2, 0.25) is 0 Å². The van der Waals surface area contributed by atoms with Crippen LogP contribution in [0.25, 0.3) is 11.0 Å². The number of benzene rings is 2. The van der Waals surface area contributed by atoms with Crippen molar-refractivity contribution in [3.05, 3.63) is 59.2 Å². The Balaban J connectivity index is 1.86. The number of halogens is 3. The molecule has 1 N–H and O–H groups in total. The van der Waals surface area contributed by atoms with Crippen molar-refractivity contribution in [2.45, 2.75) is 19.9 Å². The molecule has 0 atom stereocenters. The topological polar surface area (TPSA) is 56.1 Å². The maximum absolute atomic E-state index is 13.7. The second-order valence-electron chi connectivity index (χ2n) is 5.92. The molecule has 0 aliphatic heterocycles. The van der Waals surface area contributed by atoms with Crippen molar-refractivity contribution in [2.75, 3.05) is 6.61 Å². The minimum Gasteiger partial charge on any atom is -0.493 e. The second kappa shape index (κ2) is 7.69. The van der Waals surface area contributed by atoms with Crippen LogP contribution < -0.4 is 10.1 Å². The lowest BCUT2D eigenvalue weighted by Gasteiger charge is -2.13. The molecule has 1 amide bonds. The van der Waals surface area contributed by atoms with E-state index >= 15 is 0 Å². The molecule has 2 aromatic carbocycles. The van der Waals surface area contributed by atoms with Crippen molar-refractivity contribution < 1.29 is 22.7 Å². The highest BCUT2D eigenvalue weighted by atomic mass is 19.3. The molecule has 0 unspecified atom stereocenters. The molecule has 0 saturated heterocycles. The van der Waals surface area contributed by atoms with Crippen LogP contribution in [0, 0.1) is 5.82 Å². The number of aromatic nitrogens is 2. The largest absolute Gasteiger partial charge is 0.493 e. The molecule has 1 aromatic heterocycles. The average Bonchev–Trinajstić information content (AvgIpc) is 3.01. The lowest BCUT2D eigenvalue weighted by molar-refractivity contribution is 0.0949. The normalized spacial score (nSPS) is 11.2. The van der Waals surface area contributed by atoms with Gasteiger partial charge in [-0.05, 0) is 37.3 Å². The van der Waals surface area contributed by atoms with Crippen molar-refractivity contribution in [2.24, 2.45) is 7.05 Å². The number of imidazole rings is 1. The third kappa shape index (κ3) is 3.74. The molecule has 142 valence electrons. The molecule has 0 spiro atoms. The van der Waals surface area contributed by atoms with E-state index < -0.39 is 23.7 Å². The van der Waals surface area contributed by atoms with E-state index in [9.17, 15) is 18.0 Å². The second-order valence-corrected chi connectivity index (χ2v) is 5.92. The molecular formula is C19H18F3N3O2. The molecule has 0 aliphatic rings. The Morgan fingerprint density at radius 3 is 2.74 bits per heavy atom. The fraction of sp³-hybridized carbons (Fsp3) is 0.263. The smallest absolute Gasteiger partial charge is 0.266 e. The number of nitrogens with zero attached hydrogens (tertiary/aromatic N) is 2. The number of aryl methyl sites for hydroxylation is 1. The fourth-order valence-corrected chi connectivity index (χ4v) is 2.89. The first-order valence-corrected chi connectivity index (χ1v) is 8.33. The third-order valence-electron chi connectivity index (χ3n) is 4.16. The Kier molecular flexibility index (Phi) is 5.34. The van der Waals surface area contributed by atoms with Crippen LogP contribution in [-0.2, 0) is 13.6 Å². The van der Waals surface area contributed by atoms with Crippen LogP contribution in [-0.4, -0.2) is 22.1 Å². The highest BCUT2D eigenvalue weighted by Gasteiger charge is 2.17. The summed E-state index contributed by atoms with van der Waals surface area (Å²) in [5.74, 6) is -1.08. The van der Waals surface area contributed by atoms with Crippen molar-refractivity contribution in [1.82, 2.24) is 14.9 Å². The van der Waals surface area contributed by atoms with Crippen LogP contribution >= 0.6 is 0 Å². The lowest BCUT2D eigenvalue weighted by Crippen LogP contribution is -2.23. The first-order chi connectivity index (χ1) is 12.9. The van der Waals surface area contributed by atoms with Crippen molar-refractivity contribution in [3.8, 4) is 5.75 Å². The number of carbonyl (C=O) groups excluding carboxylic acids is 1. The Bertz CT molecular complexity index is 986. The van der Waals surface area contributed by atoms with Crippen molar-refractivity contribution in [1.29, 1.82) is 0 Å². The standard InChI is InChI=1S/C19H18F3N3O2/c1-3-27-16-7-6-15-17(25(2)10-24-15)13(16)9-23-19(26)11-4-5-12(18(21)22)14(20)8-11/h4-8,10,18H,3,9H2,1-2H3,(H,23,26). The molecule has 0 fully saturated rings. The minimum atomic E-state index is -2.93. The maximum atomic E-state index is 13.7. The van der Waals surface area contributed by atoms with Gasteiger partial charge >= 0.3 is 0 Å². The Labute approximate surface area is 153 Å². The van der Waals surface area contributed by atoms with Crippen LogP contribution in [0.4, 0.5) is 13.2 Å². The van der Waals surface area contributed by atoms with Gasteiger partial charge in [-0.25, -0.2) is 18.2 Å². The zero-order chi connectivity index (χ0) is 19.6. The summed E-state index contributed by atoms with van der Waals surface area (Å²) in [4.78, 5) is 16.6. The molecule has 1 heterocycles. The first kappa shape index (κ1) is 18.8. The van der Waals surface area contributed by atoms with Gasteiger partial charge in [0.05, 0.1) is 29.5 Å². The molecule has 3 aromatic rings. The number of fused-ring (bicyclic) bond motifs is 1. The number of amides is 1. The van der Waals surface area contributed by atoms with Crippen molar-refractivity contribution >= 4 is 16.9 Å². The lowest BCUT2D eigenvalue weighted by atomic mass is 10.1. The zero-order valence-electron chi connectivity index (χ0n) is 14.8. The van der Waals surface area contributed by atoms with Gasteiger partial charge in [-0.15, -0.1) is 0 Å². The van der Waals surface area contributed by atoms with E-state index in [1.165, 1.54) is 6.07 Å². The van der Waals surface area contributed by atoms with Gasteiger partial charge < -0.3 is 14.6 Å². The van der Waals surface area contributed by atoms with Crippen LogP contribution in [0.15, 0.2) is 36.7 Å². The molecule has 0 radical (unpaired) electrons. The Morgan fingerprint density at radius 2 is 2.07 bits per heavy atom. The molecule has 5 nitrogen and oxygen atoms in total. The number of hydrogen-bond acceptors (Lipinski definition) is 3. The zero-order valence-corrected chi connectivity index (χ0v) is 14.8. The summed E-state index contributed by atoms with van der Waals surface area (Å²) in [5, 5.41) is 2.68. The maximum Gasteiger partial charge on any atom is 0.266 e. The van der Waals surface area contributed by atoms with Crippen LogP contribution in [0.2, 0.25) is 0 Å². The summed E-state index contributed by atoms with van der Waals surface area (Å²) in [7, 11) is 1.83. The highest BCUT2D eigenvalue weighted by Crippen LogP contribution is 2.28. The Morgan fingerprint density at radius 1 is 1.30 bits per heavy atom. The predicted octanol–water partition coefficient (Wildman–Crippen LogP) is 3.98. The van der Waals surface area contributed by atoms with Crippen LogP contribution in [0.3, 0.4) is 0 Å². The molecule has 0 aliphatic carbocycles. The molecule has 3 rings (SSSR count). The summed E-state index contributed by atoms with van der Waals surface area (Å²) < 4.78 is 46.4. The number of nitrogens with one attached hydrogen (secondary N) is 1. The van der Waals surface area contributed by atoms with Gasteiger partial charge in [-0.2, -0.15) is 0 Å². The summed E-state index contributed by atoms with van der Waals surface area (Å²) in [5.41, 5.74) is 1.52. The van der Waals surface area contributed by atoms with Gasteiger partial charge in [0.1, 0.15) is 11.6 Å². The number of ether oxygens (including phenoxy) is 1. The number of rotatable bonds is 6. The first-order valence-electron chi connectivity index (χ1n) is 8.33. The summed E-state index contributed by atoms with van der Waals surface area (Å²) in [6.45, 7) is 2.41. The molecule has 27 heavy (non-hydrogen) atoms. The monoisotopic (exact) mass is 377 g/mol. The number of hydrogen-bond donors (Lipinski definition) is 1. The molecule has 0 saturated carbocycles. The van der Waals surface area contributed by atoms with Crippen molar-refractivity contribution in [3.63, 3.8) is 0 Å². The number of carbonyl (C=O) groups is 1. The quantitative estimate of drug-likeness (QED) is 0.707. The fourth-order valence-electron chi connectivity index (χ4n) is 2.89. The van der Waals surface area contributed by atoms with Crippen LogP contribution in [0.5, 0.6) is 5.75 Å². The van der Waals surface area contributed by atoms with Gasteiger partial charge in [0.15, 0.2) is 0 Å².